The molecule has 0 saturated heterocycles. The summed E-state index contributed by atoms with van der Waals surface area (Å²) in [5.74, 6) is -3.76. The second kappa shape index (κ2) is 5.38. The van der Waals surface area contributed by atoms with E-state index in [1.807, 2.05) is 0 Å². The molecular weight excluding hydrogens is 249 g/mol. The summed E-state index contributed by atoms with van der Waals surface area (Å²) >= 11 is 0. The molecule has 1 atom stereocenters. The Morgan fingerprint density at radius 1 is 1.32 bits per heavy atom. The molecule has 0 aliphatic carbocycles. The third kappa shape index (κ3) is 3.77. The molecule has 0 saturated carbocycles. The van der Waals surface area contributed by atoms with Gasteiger partial charge in [0.25, 0.3) is 0 Å². The van der Waals surface area contributed by atoms with Gasteiger partial charge in [0, 0.05) is 0 Å². The monoisotopic (exact) mass is 267 g/mol. The lowest BCUT2D eigenvalue weighted by Gasteiger charge is -2.26. The number of benzene rings is 1. The first-order valence-corrected chi connectivity index (χ1v) is 5.92. The minimum Gasteiger partial charge on any atom is -0.481 e. The fraction of sp³-hybridized carbons (Fsp3) is 0.429. The molecule has 0 aromatic heterocycles. The van der Waals surface area contributed by atoms with Crippen molar-refractivity contribution >= 4 is 17.6 Å². The van der Waals surface area contributed by atoms with Crippen LogP contribution in [0.1, 0.15) is 26.3 Å². The molecule has 104 valence electrons. The average molecular weight is 267 g/mol. The number of carbonyl (C=O) groups is 2. The zero-order chi connectivity index (χ0) is 14.8. The van der Waals surface area contributed by atoms with E-state index >= 15 is 0 Å². The number of hydrogen-bond acceptors (Lipinski definition) is 2. The van der Waals surface area contributed by atoms with E-state index in [0.29, 0.717) is 0 Å². The van der Waals surface area contributed by atoms with Gasteiger partial charge in [-0.3, -0.25) is 9.59 Å². The third-order valence-electron chi connectivity index (χ3n) is 2.76. The first-order chi connectivity index (χ1) is 8.62. The van der Waals surface area contributed by atoms with Crippen LogP contribution in [0.15, 0.2) is 18.2 Å². The lowest BCUT2D eigenvalue weighted by Crippen LogP contribution is -2.39. The van der Waals surface area contributed by atoms with Crippen LogP contribution in [0.3, 0.4) is 0 Å². The van der Waals surface area contributed by atoms with Gasteiger partial charge in [-0.1, -0.05) is 26.8 Å². The van der Waals surface area contributed by atoms with Crippen LogP contribution in [0.2, 0.25) is 0 Å². The predicted molar refractivity (Wildman–Crippen MR) is 70.3 cm³/mol. The maximum absolute atomic E-state index is 13.6. The van der Waals surface area contributed by atoms with Gasteiger partial charge >= 0.3 is 5.97 Å². The molecule has 0 radical (unpaired) electrons. The lowest BCUT2D eigenvalue weighted by atomic mass is 9.80. The molecule has 0 fully saturated rings. The van der Waals surface area contributed by atoms with Gasteiger partial charge in [-0.25, -0.2) is 4.39 Å². The molecule has 0 aliphatic heterocycles. The van der Waals surface area contributed by atoms with Gasteiger partial charge in [0.05, 0.1) is 5.69 Å². The number of aryl methyl sites for hydroxylation is 1. The summed E-state index contributed by atoms with van der Waals surface area (Å²) in [6.45, 7) is 6.68. The van der Waals surface area contributed by atoms with Crippen LogP contribution >= 0.6 is 0 Å². The first-order valence-electron chi connectivity index (χ1n) is 5.92. The molecule has 1 aromatic carbocycles. The van der Waals surface area contributed by atoms with Gasteiger partial charge in [-0.05, 0) is 30.0 Å². The number of carboxylic acid groups (broad SMARTS) is 1. The Bertz CT molecular complexity index is 506. The van der Waals surface area contributed by atoms with E-state index in [2.05, 4.69) is 5.32 Å². The highest BCUT2D eigenvalue weighted by Crippen LogP contribution is 2.28. The van der Waals surface area contributed by atoms with Gasteiger partial charge in [0.15, 0.2) is 0 Å². The van der Waals surface area contributed by atoms with Crippen molar-refractivity contribution in [3.8, 4) is 0 Å². The highest BCUT2D eigenvalue weighted by molar-refractivity contribution is 6.04. The zero-order valence-electron chi connectivity index (χ0n) is 11.5. The van der Waals surface area contributed by atoms with Gasteiger partial charge in [-0.2, -0.15) is 0 Å². The molecule has 1 rings (SSSR count). The fourth-order valence-electron chi connectivity index (χ4n) is 1.80. The number of amides is 1. The zero-order valence-corrected chi connectivity index (χ0v) is 11.5. The molecule has 5 heteroatoms. The van der Waals surface area contributed by atoms with E-state index in [0.717, 1.165) is 5.56 Å². The van der Waals surface area contributed by atoms with Gasteiger partial charge < -0.3 is 10.4 Å². The van der Waals surface area contributed by atoms with Crippen LogP contribution in [-0.2, 0) is 9.59 Å². The van der Waals surface area contributed by atoms with Crippen molar-refractivity contribution in [2.75, 3.05) is 5.32 Å². The highest BCUT2D eigenvalue weighted by Gasteiger charge is 2.37. The quantitative estimate of drug-likeness (QED) is 0.827. The topological polar surface area (TPSA) is 66.4 Å². The molecule has 1 unspecified atom stereocenters. The SMILES string of the molecule is Cc1ccc(NC(=O)C(C(=O)O)C(C)(C)C)c(F)c1. The smallest absolute Gasteiger partial charge is 0.316 e. The van der Waals surface area contributed by atoms with Crippen LogP contribution in [-0.4, -0.2) is 17.0 Å². The van der Waals surface area contributed by atoms with E-state index in [1.54, 1.807) is 33.8 Å². The van der Waals surface area contributed by atoms with Gasteiger partial charge in [-0.15, -0.1) is 0 Å². The summed E-state index contributed by atoms with van der Waals surface area (Å²) in [6.07, 6.45) is 0. The van der Waals surface area contributed by atoms with E-state index < -0.39 is 29.0 Å². The molecule has 1 amide bonds. The van der Waals surface area contributed by atoms with Crippen molar-refractivity contribution in [1.82, 2.24) is 0 Å². The Kier molecular flexibility index (Phi) is 4.29. The van der Waals surface area contributed by atoms with E-state index in [1.165, 1.54) is 12.1 Å². The Labute approximate surface area is 111 Å². The first kappa shape index (κ1) is 15.1. The second-order valence-electron chi connectivity index (χ2n) is 5.61. The van der Waals surface area contributed by atoms with Crippen molar-refractivity contribution < 1.29 is 19.1 Å². The van der Waals surface area contributed by atoms with Crippen molar-refractivity contribution in [2.24, 2.45) is 11.3 Å². The van der Waals surface area contributed by atoms with Crippen molar-refractivity contribution in [1.29, 1.82) is 0 Å². The van der Waals surface area contributed by atoms with E-state index in [9.17, 15) is 14.0 Å². The van der Waals surface area contributed by atoms with Crippen LogP contribution in [0, 0.1) is 24.1 Å². The number of nitrogens with one attached hydrogen (secondary N) is 1. The number of rotatable bonds is 3. The van der Waals surface area contributed by atoms with Crippen molar-refractivity contribution in [3.63, 3.8) is 0 Å². The summed E-state index contributed by atoms with van der Waals surface area (Å²) in [7, 11) is 0. The molecule has 2 N–H and O–H groups in total. The second-order valence-corrected chi connectivity index (χ2v) is 5.61. The predicted octanol–water partition coefficient (Wildman–Crippen LogP) is 2.82. The van der Waals surface area contributed by atoms with Crippen molar-refractivity contribution in [2.45, 2.75) is 27.7 Å². The molecular formula is C14H18FNO3. The Morgan fingerprint density at radius 2 is 1.89 bits per heavy atom. The summed E-state index contributed by atoms with van der Waals surface area (Å²) < 4.78 is 13.6. The number of carbonyl (C=O) groups excluding carboxylic acids is 1. The van der Waals surface area contributed by atoms with Crippen molar-refractivity contribution in [3.05, 3.63) is 29.6 Å². The maximum atomic E-state index is 13.6. The van der Waals surface area contributed by atoms with E-state index in [4.69, 9.17) is 5.11 Å². The number of carboxylic acids is 1. The molecule has 0 spiro atoms. The van der Waals surface area contributed by atoms with Crippen LogP contribution in [0.5, 0.6) is 0 Å². The minimum absolute atomic E-state index is 0.00824. The number of anilines is 1. The minimum atomic E-state index is -1.24. The lowest BCUT2D eigenvalue weighted by molar-refractivity contribution is -0.149. The average Bonchev–Trinajstić information content (AvgIpc) is 2.19. The molecule has 4 nitrogen and oxygen atoms in total. The van der Waals surface area contributed by atoms with Crippen LogP contribution in [0.25, 0.3) is 0 Å². The maximum Gasteiger partial charge on any atom is 0.316 e. The summed E-state index contributed by atoms with van der Waals surface area (Å²) in [5.41, 5.74) is -0.0379. The number of halogens is 1. The van der Waals surface area contributed by atoms with Gasteiger partial charge in [0.1, 0.15) is 11.7 Å². The fourth-order valence-corrected chi connectivity index (χ4v) is 1.80. The Morgan fingerprint density at radius 3 is 2.32 bits per heavy atom. The standard InChI is InChI=1S/C14H18FNO3/c1-8-5-6-10(9(15)7-8)16-12(17)11(13(18)19)14(2,3)4/h5-7,11H,1-4H3,(H,16,17)(H,18,19). The Balaban J connectivity index is 2.97. The molecule has 19 heavy (non-hydrogen) atoms. The number of aliphatic carboxylic acids is 1. The molecule has 0 heterocycles. The molecule has 0 aliphatic rings. The summed E-state index contributed by atoms with van der Waals surface area (Å²) in [6, 6.07) is 4.35. The third-order valence-corrected chi connectivity index (χ3v) is 2.76. The van der Waals surface area contributed by atoms with Crippen LogP contribution in [0.4, 0.5) is 10.1 Å². The molecule has 0 bridgehead atoms. The Hall–Kier alpha value is -1.91. The van der Waals surface area contributed by atoms with E-state index in [-0.39, 0.29) is 5.69 Å². The van der Waals surface area contributed by atoms with Gasteiger partial charge in [0.2, 0.25) is 5.91 Å². The summed E-state index contributed by atoms with van der Waals surface area (Å²) in [5, 5.41) is 11.4. The molecule has 1 aromatic rings. The normalized spacial score (nSPS) is 12.9. The highest BCUT2D eigenvalue weighted by atomic mass is 19.1. The summed E-state index contributed by atoms with van der Waals surface area (Å²) in [4.78, 5) is 23.1. The number of hydrogen-bond donors (Lipinski definition) is 2. The van der Waals surface area contributed by atoms with Crippen LogP contribution < -0.4 is 5.32 Å². The largest absolute Gasteiger partial charge is 0.481 e.